The monoisotopic (exact) mass is 261 g/mol. The summed E-state index contributed by atoms with van der Waals surface area (Å²) in [5.41, 5.74) is 1.45. The van der Waals surface area contributed by atoms with Crippen LogP contribution in [0.25, 0.3) is 0 Å². The molecule has 0 aromatic heterocycles. The Hall–Kier alpha value is -1.35. The van der Waals surface area contributed by atoms with E-state index in [1.54, 1.807) is 0 Å². The number of rotatable bonds is 4. The fraction of sp³-hybridized carbons (Fsp3) is 0.562. The predicted molar refractivity (Wildman–Crippen MR) is 76.1 cm³/mol. The van der Waals surface area contributed by atoms with Gasteiger partial charge in [-0.2, -0.15) is 0 Å². The third kappa shape index (κ3) is 3.80. The topological polar surface area (TPSA) is 38.3 Å². The van der Waals surface area contributed by atoms with E-state index in [0.29, 0.717) is 12.0 Å². The lowest BCUT2D eigenvalue weighted by molar-refractivity contribution is -0.142. The smallest absolute Gasteiger partial charge is 0.322 e. The molecule has 1 atom stereocenters. The third-order valence-corrected chi connectivity index (χ3v) is 4.04. The van der Waals surface area contributed by atoms with Crippen LogP contribution in [0.1, 0.15) is 44.1 Å². The molecule has 0 unspecified atom stereocenters. The van der Waals surface area contributed by atoms with E-state index in [4.69, 9.17) is 4.74 Å². The first-order valence-electron chi connectivity index (χ1n) is 7.09. The van der Waals surface area contributed by atoms with E-state index >= 15 is 0 Å². The van der Waals surface area contributed by atoms with Gasteiger partial charge in [-0.3, -0.25) is 4.79 Å². The first-order chi connectivity index (χ1) is 9.20. The Morgan fingerprint density at radius 1 is 1.21 bits per heavy atom. The zero-order chi connectivity index (χ0) is 13.7. The molecule has 104 valence electrons. The maximum absolute atomic E-state index is 11.4. The Morgan fingerprint density at radius 3 is 2.42 bits per heavy atom. The summed E-state index contributed by atoms with van der Waals surface area (Å²) in [4.78, 5) is 11.4. The molecule has 1 aromatic carbocycles. The van der Waals surface area contributed by atoms with Crippen molar-refractivity contribution in [3.05, 3.63) is 35.9 Å². The first kappa shape index (κ1) is 14.1. The van der Waals surface area contributed by atoms with Crippen molar-refractivity contribution in [1.82, 2.24) is 5.32 Å². The Labute approximate surface area is 115 Å². The quantitative estimate of drug-likeness (QED) is 0.847. The molecule has 1 fully saturated rings. The summed E-state index contributed by atoms with van der Waals surface area (Å²) in [6.07, 6.45) is 4.63. The second kappa shape index (κ2) is 6.71. The van der Waals surface area contributed by atoms with Crippen LogP contribution in [0.3, 0.4) is 0 Å². The Balaban J connectivity index is 1.81. The Bertz CT molecular complexity index is 396. The number of esters is 1. The molecule has 1 aliphatic carbocycles. The number of ether oxygens (including phenoxy) is 1. The van der Waals surface area contributed by atoms with Crippen molar-refractivity contribution in [2.75, 3.05) is 7.11 Å². The lowest BCUT2D eigenvalue weighted by atomic mass is 9.81. The molecular weight excluding hydrogens is 238 g/mol. The van der Waals surface area contributed by atoms with Gasteiger partial charge in [0.15, 0.2) is 0 Å². The van der Waals surface area contributed by atoms with E-state index in [2.05, 4.69) is 35.6 Å². The van der Waals surface area contributed by atoms with E-state index in [9.17, 15) is 4.79 Å². The van der Waals surface area contributed by atoms with Gasteiger partial charge in [0.2, 0.25) is 0 Å². The fourth-order valence-corrected chi connectivity index (χ4v) is 2.92. The molecule has 0 radical (unpaired) electrons. The second-order valence-electron chi connectivity index (χ2n) is 5.37. The summed E-state index contributed by atoms with van der Waals surface area (Å²) in [6, 6.07) is 11.0. The van der Waals surface area contributed by atoms with Crippen LogP contribution in [0.2, 0.25) is 0 Å². The van der Waals surface area contributed by atoms with E-state index in [0.717, 1.165) is 12.8 Å². The highest BCUT2D eigenvalue weighted by Gasteiger charge is 2.24. The molecule has 2 rings (SSSR count). The van der Waals surface area contributed by atoms with Crippen LogP contribution in [0.4, 0.5) is 0 Å². The average Bonchev–Trinajstić information content (AvgIpc) is 2.48. The highest BCUT2D eigenvalue weighted by Crippen LogP contribution is 2.32. The van der Waals surface area contributed by atoms with E-state index < -0.39 is 0 Å². The number of hydrogen-bond donors (Lipinski definition) is 1. The molecule has 0 amide bonds. The van der Waals surface area contributed by atoms with Crippen LogP contribution in [-0.4, -0.2) is 25.2 Å². The van der Waals surface area contributed by atoms with Gasteiger partial charge in [0.1, 0.15) is 6.04 Å². The molecule has 3 nitrogen and oxygen atoms in total. The van der Waals surface area contributed by atoms with Crippen molar-refractivity contribution in [2.24, 2.45) is 0 Å². The number of benzene rings is 1. The molecule has 1 aliphatic rings. The maximum atomic E-state index is 11.4. The summed E-state index contributed by atoms with van der Waals surface area (Å²) in [5, 5.41) is 3.37. The number of carbonyl (C=O) groups excluding carboxylic acids is 1. The van der Waals surface area contributed by atoms with Crippen LogP contribution in [0.15, 0.2) is 30.3 Å². The molecule has 1 saturated carbocycles. The van der Waals surface area contributed by atoms with Gasteiger partial charge in [-0.15, -0.1) is 0 Å². The van der Waals surface area contributed by atoms with Gasteiger partial charge in [-0.1, -0.05) is 30.3 Å². The number of nitrogens with one attached hydrogen (secondary N) is 1. The standard InChI is InChI=1S/C16H23NO2/c1-12(16(18)19-2)17-15-10-8-14(9-11-15)13-6-4-3-5-7-13/h3-7,12,14-15,17H,8-11H2,1-2H3/t12-,14?,15?/m0/s1. The van der Waals surface area contributed by atoms with Gasteiger partial charge in [-0.25, -0.2) is 0 Å². The first-order valence-corrected chi connectivity index (χ1v) is 7.09. The average molecular weight is 261 g/mol. The molecule has 0 bridgehead atoms. The van der Waals surface area contributed by atoms with Crippen LogP contribution < -0.4 is 5.32 Å². The molecule has 3 heteroatoms. The SMILES string of the molecule is COC(=O)[C@H](C)NC1CCC(c2ccccc2)CC1. The Morgan fingerprint density at radius 2 is 1.84 bits per heavy atom. The third-order valence-electron chi connectivity index (χ3n) is 4.04. The van der Waals surface area contributed by atoms with Crippen molar-refractivity contribution in [2.45, 2.75) is 50.6 Å². The van der Waals surface area contributed by atoms with Crippen molar-refractivity contribution in [3.8, 4) is 0 Å². The zero-order valence-corrected chi connectivity index (χ0v) is 11.8. The largest absolute Gasteiger partial charge is 0.468 e. The lowest BCUT2D eigenvalue weighted by Crippen LogP contribution is -2.43. The number of hydrogen-bond acceptors (Lipinski definition) is 3. The predicted octanol–water partition coefficient (Wildman–Crippen LogP) is 2.86. The van der Waals surface area contributed by atoms with Crippen molar-refractivity contribution in [1.29, 1.82) is 0 Å². The van der Waals surface area contributed by atoms with Crippen molar-refractivity contribution >= 4 is 5.97 Å². The number of methoxy groups -OCH3 is 1. The molecule has 0 heterocycles. The lowest BCUT2D eigenvalue weighted by Gasteiger charge is -2.30. The van der Waals surface area contributed by atoms with Crippen molar-refractivity contribution < 1.29 is 9.53 Å². The molecule has 0 saturated heterocycles. The Kier molecular flexibility index (Phi) is 4.97. The summed E-state index contributed by atoms with van der Waals surface area (Å²) >= 11 is 0. The summed E-state index contributed by atoms with van der Waals surface area (Å²) in [6.45, 7) is 1.87. The van der Waals surface area contributed by atoms with Crippen LogP contribution >= 0.6 is 0 Å². The molecule has 1 aromatic rings. The van der Waals surface area contributed by atoms with E-state index in [1.165, 1.54) is 25.5 Å². The molecule has 0 aliphatic heterocycles. The maximum Gasteiger partial charge on any atom is 0.322 e. The van der Waals surface area contributed by atoms with Crippen LogP contribution in [0.5, 0.6) is 0 Å². The summed E-state index contributed by atoms with van der Waals surface area (Å²) in [5.74, 6) is 0.498. The van der Waals surface area contributed by atoms with Gasteiger partial charge in [0.25, 0.3) is 0 Å². The fourth-order valence-electron chi connectivity index (χ4n) is 2.92. The molecule has 19 heavy (non-hydrogen) atoms. The van der Waals surface area contributed by atoms with Gasteiger partial charge in [0.05, 0.1) is 7.11 Å². The second-order valence-corrected chi connectivity index (χ2v) is 5.37. The summed E-state index contributed by atoms with van der Waals surface area (Å²) < 4.78 is 4.74. The van der Waals surface area contributed by atoms with Gasteiger partial charge < -0.3 is 10.1 Å². The number of carbonyl (C=O) groups is 1. The zero-order valence-electron chi connectivity index (χ0n) is 11.8. The molecular formula is C16H23NO2. The normalized spacial score (nSPS) is 24.7. The molecule has 0 spiro atoms. The van der Waals surface area contributed by atoms with E-state index in [1.807, 2.05) is 6.92 Å². The van der Waals surface area contributed by atoms with Gasteiger partial charge in [0, 0.05) is 6.04 Å². The van der Waals surface area contributed by atoms with Gasteiger partial charge >= 0.3 is 5.97 Å². The minimum Gasteiger partial charge on any atom is -0.468 e. The highest BCUT2D eigenvalue weighted by molar-refractivity contribution is 5.75. The summed E-state index contributed by atoms with van der Waals surface area (Å²) in [7, 11) is 1.44. The minimum absolute atomic E-state index is 0.176. The van der Waals surface area contributed by atoms with Crippen LogP contribution in [-0.2, 0) is 9.53 Å². The van der Waals surface area contributed by atoms with E-state index in [-0.39, 0.29) is 12.0 Å². The van der Waals surface area contributed by atoms with Crippen LogP contribution in [0, 0.1) is 0 Å². The van der Waals surface area contributed by atoms with Gasteiger partial charge in [-0.05, 0) is 44.1 Å². The van der Waals surface area contributed by atoms with Crippen molar-refractivity contribution in [3.63, 3.8) is 0 Å². The highest BCUT2D eigenvalue weighted by atomic mass is 16.5. The molecule has 1 N–H and O–H groups in total. The minimum atomic E-state index is -0.205.